The molecule has 4 heteroatoms. The third-order valence-electron chi connectivity index (χ3n) is 13.2. The third-order valence-corrected chi connectivity index (χ3v) is 13.2. The van der Waals surface area contributed by atoms with Crippen molar-refractivity contribution in [3.05, 3.63) is 237 Å². The first-order valence-electron chi connectivity index (χ1n) is 22.2. The van der Waals surface area contributed by atoms with Gasteiger partial charge in [-0.3, -0.25) is 0 Å². The minimum absolute atomic E-state index is 0.903. The molecule has 0 saturated heterocycles. The van der Waals surface area contributed by atoms with Gasteiger partial charge < -0.3 is 13.7 Å². The van der Waals surface area contributed by atoms with Crippen molar-refractivity contribution in [3.8, 4) is 50.7 Å². The number of rotatable bonds is 7. The van der Waals surface area contributed by atoms with Crippen LogP contribution in [0.2, 0.25) is 0 Å². The summed E-state index contributed by atoms with van der Waals surface area (Å²) < 4.78 is 7.14. The van der Waals surface area contributed by atoms with Gasteiger partial charge in [-0.1, -0.05) is 152 Å². The summed E-state index contributed by atoms with van der Waals surface area (Å²) in [6.45, 7) is 4.09. The van der Waals surface area contributed by atoms with Crippen LogP contribution in [-0.4, -0.2) is 18.7 Å². The van der Waals surface area contributed by atoms with E-state index in [1.807, 2.05) is 6.08 Å². The van der Waals surface area contributed by atoms with Crippen molar-refractivity contribution in [3.63, 3.8) is 0 Å². The van der Waals surface area contributed by atoms with Gasteiger partial charge in [0.1, 0.15) is 0 Å². The largest absolute Gasteiger partial charge is 0.309 e. The number of pyridine rings is 1. The smallest absolute Gasteiger partial charge is 0.0716 e. The maximum absolute atomic E-state index is 5.53. The van der Waals surface area contributed by atoms with Crippen LogP contribution < -0.4 is 0 Å². The fourth-order valence-electron chi connectivity index (χ4n) is 10.2. The molecule has 0 fully saturated rings. The van der Waals surface area contributed by atoms with E-state index in [1.165, 1.54) is 59.9 Å². The molecule has 0 saturated carbocycles. The van der Waals surface area contributed by atoms with Gasteiger partial charge in [0.05, 0.1) is 44.5 Å². The predicted molar refractivity (Wildman–Crippen MR) is 274 cm³/mol. The van der Waals surface area contributed by atoms with Crippen LogP contribution in [0.4, 0.5) is 0 Å². The molecule has 13 rings (SSSR count). The van der Waals surface area contributed by atoms with Gasteiger partial charge >= 0.3 is 0 Å². The highest BCUT2D eigenvalue weighted by Gasteiger charge is 2.18. The van der Waals surface area contributed by atoms with E-state index < -0.39 is 0 Å². The molecule has 0 N–H and O–H groups in total. The number of aromatic nitrogens is 4. The zero-order valence-corrected chi connectivity index (χ0v) is 35.4. The summed E-state index contributed by atoms with van der Waals surface area (Å²) in [5.41, 5.74) is 17.5. The fraction of sp³-hybridized carbons (Fsp3) is 0. The van der Waals surface area contributed by atoms with E-state index in [9.17, 15) is 0 Å². The Hall–Kier alpha value is -8.73. The topological polar surface area (TPSA) is 27.7 Å². The Morgan fingerprint density at radius 3 is 1.06 bits per heavy atom. The summed E-state index contributed by atoms with van der Waals surface area (Å²) >= 11 is 0. The molecule has 0 unspecified atom stereocenters. The van der Waals surface area contributed by atoms with E-state index in [4.69, 9.17) is 4.98 Å². The summed E-state index contributed by atoms with van der Waals surface area (Å²) in [5.74, 6) is 0. The first-order chi connectivity index (χ1) is 32.2. The summed E-state index contributed by atoms with van der Waals surface area (Å²) in [5, 5.41) is 7.40. The molecule has 4 aromatic heterocycles. The van der Waals surface area contributed by atoms with E-state index in [1.54, 1.807) is 0 Å². The number of benzene rings is 9. The molecule has 9 aromatic carbocycles. The highest BCUT2D eigenvalue weighted by Crippen LogP contribution is 2.39. The lowest BCUT2D eigenvalue weighted by Crippen LogP contribution is -1.97. The molecule has 0 bridgehead atoms. The Morgan fingerprint density at radius 1 is 0.292 bits per heavy atom. The molecule has 0 spiro atoms. The van der Waals surface area contributed by atoms with E-state index >= 15 is 0 Å². The summed E-state index contributed by atoms with van der Waals surface area (Å²) in [7, 11) is 0. The quantitative estimate of drug-likeness (QED) is 0.157. The normalized spacial score (nSPS) is 11.8. The highest BCUT2D eigenvalue weighted by atomic mass is 15.0. The van der Waals surface area contributed by atoms with Crippen molar-refractivity contribution in [2.45, 2.75) is 0 Å². The summed E-state index contributed by atoms with van der Waals surface area (Å²) in [6.07, 6.45) is 1.92. The number of hydrogen-bond acceptors (Lipinski definition) is 1. The Balaban J connectivity index is 1.02. The van der Waals surface area contributed by atoms with Gasteiger partial charge in [0.25, 0.3) is 0 Å². The van der Waals surface area contributed by atoms with Gasteiger partial charge in [0, 0.05) is 60.5 Å². The first-order valence-corrected chi connectivity index (χ1v) is 22.2. The average molecular weight is 829 g/mol. The molecule has 65 heavy (non-hydrogen) atoms. The Kier molecular flexibility index (Phi) is 8.33. The SMILES string of the molecule is C=Cc1ccc2c3ccccc3n(-c3cccc(-c4cc(-c5cccc(-n6c7ccccc7c7ccccc76)c5)nc(-c5cccc(-n6c7ccccc7c7ccccc76)c5)c4)c3)c2c1. The van der Waals surface area contributed by atoms with E-state index in [0.29, 0.717) is 0 Å². The van der Waals surface area contributed by atoms with Crippen LogP contribution in [0.1, 0.15) is 5.56 Å². The van der Waals surface area contributed by atoms with Crippen LogP contribution >= 0.6 is 0 Å². The number of nitrogens with zero attached hydrogens (tertiary/aromatic N) is 4. The van der Waals surface area contributed by atoms with Crippen LogP contribution in [-0.2, 0) is 0 Å². The van der Waals surface area contributed by atoms with Gasteiger partial charge in [0.15, 0.2) is 0 Å². The molecule has 4 nitrogen and oxygen atoms in total. The molecule has 304 valence electrons. The summed E-state index contributed by atoms with van der Waals surface area (Å²) in [6, 6.07) is 81.1. The molecule has 13 aromatic rings. The molecule has 0 atom stereocenters. The van der Waals surface area contributed by atoms with Gasteiger partial charge in [-0.15, -0.1) is 0 Å². The number of hydrogen-bond donors (Lipinski definition) is 0. The van der Waals surface area contributed by atoms with Crippen molar-refractivity contribution in [2.75, 3.05) is 0 Å². The first kappa shape index (κ1) is 36.9. The molecular weight excluding hydrogens is 789 g/mol. The lowest BCUT2D eigenvalue weighted by atomic mass is 9.99. The fourth-order valence-corrected chi connectivity index (χ4v) is 10.2. The van der Waals surface area contributed by atoms with Crippen LogP contribution in [0.3, 0.4) is 0 Å². The Labute approximate surface area is 375 Å². The standard InChI is InChI=1S/C61H40N4/c1-2-40-32-33-53-52-26-7-12-31-60(52)65(61(53)34-40)45-19-13-16-41(35-45)44-38-54(42-17-14-20-46(36-42)63-56-27-8-3-22-48(56)49-23-4-9-28-57(49)63)62-55(39-44)43-18-15-21-47(37-43)64-58-29-10-5-24-50(58)51-25-6-11-30-59(51)64/h2-39H,1H2. The highest BCUT2D eigenvalue weighted by molar-refractivity contribution is 6.11. The zero-order valence-electron chi connectivity index (χ0n) is 35.4. The van der Waals surface area contributed by atoms with Crippen molar-refractivity contribution in [1.29, 1.82) is 0 Å². The molecule has 4 heterocycles. The van der Waals surface area contributed by atoms with E-state index in [2.05, 4.69) is 245 Å². The second-order valence-corrected chi connectivity index (χ2v) is 16.8. The van der Waals surface area contributed by atoms with Crippen LogP contribution in [0.25, 0.3) is 122 Å². The molecule has 0 radical (unpaired) electrons. The average Bonchev–Trinajstić information content (AvgIpc) is 4.02. The van der Waals surface area contributed by atoms with Gasteiger partial charge in [-0.05, 0) is 102 Å². The predicted octanol–water partition coefficient (Wildman–Crippen LogP) is 16.0. The molecule has 0 aliphatic carbocycles. The van der Waals surface area contributed by atoms with Gasteiger partial charge in [-0.2, -0.15) is 0 Å². The Morgan fingerprint density at radius 2 is 0.646 bits per heavy atom. The maximum atomic E-state index is 5.53. The van der Waals surface area contributed by atoms with Crippen LogP contribution in [0, 0.1) is 0 Å². The monoisotopic (exact) mass is 828 g/mol. The van der Waals surface area contributed by atoms with E-state index in [0.717, 1.165) is 61.8 Å². The second kappa shape index (κ2) is 14.7. The minimum atomic E-state index is 0.903. The van der Waals surface area contributed by atoms with Crippen molar-refractivity contribution in [2.24, 2.45) is 0 Å². The lowest BCUT2D eigenvalue weighted by molar-refractivity contribution is 1.17. The lowest BCUT2D eigenvalue weighted by Gasteiger charge is -2.15. The van der Waals surface area contributed by atoms with Gasteiger partial charge in [-0.25, -0.2) is 4.98 Å². The van der Waals surface area contributed by atoms with Crippen molar-refractivity contribution in [1.82, 2.24) is 18.7 Å². The number of para-hydroxylation sites is 5. The molecule has 0 amide bonds. The van der Waals surface area contributed by atoms with Crippen molar-refractivity contribution >= 4 is 71.5 Å². The minimum Gasteiger partial charge on any atom is -0.309 e. The van der Waals surface area contributed by atoms with Crippen LogP contribution in [0.5, 0.6) is 0 Å². The third kappa shape index (κ3) is 5.88. The number of fused-ring (bicyclic) bond motifs is 9. The van der Waals surface area contributed by atoms with Gasteiger partial charge in [0.2, 0.25) is 0 Å². The molecule has 0 aliphatic rings. The Bertz CT molecular complexity index is 3760. The summed E-state index contributed by atoms with van der Waals surface area (Å²) in [4.78, 5) is 5.53. The van der Waals surface area contributed by atoms with Crippen LogP contribution in [0.15, 0.2) is 231 Å². The van der Waals surface area contributed by atoms with Crippen molar-refractivity contribution < 1.29 is 0 Å². The molecule has 0 aliphatic heterocycles. The van der Waals surface area contributed by atoms with E-state index in [-0.39, 0.29) is 0 Å². The second-order valence-electron chi connectivity index (χ2n) is 16.8. The molecular formula is C61H40N4. The zero-order chi connectivity index (χ0) is 43.0. The maximum Gasteiger partial charge on any atom is 0.0716 e.